The van der Waals surface area contributed by atoms with Crippen molar-refractivity contribution in [3.05, 3.63) is 42.2 Å². The Bertz CT molecular complexity index is 1040. The van der Waals surface area contributed by atoms with Crippen molar-refractivity contribution in [2.75, 3.05) is 50.8 Å². The molecule has 1 spiro atoms. The lowest BCUT2D eigenvalue weighted by molar-refractivity contribution is 0.00386. The monoisotopic (exact) mass is 446 g/mol. The molecule has 8 heteroatoms. The van der Waals surface area contributed by atoms with Gasteiger partial charge in [0.05, 0.1) is 17.9 Å². The van der Waals surface area contributed by atoms with Gasteiger partial charge in [0.15, 0.2) is 0 Å². The van der Waals surface area contributed by atoms with E-state index in [9.17, 15) is 4.79 Å². The maximum absolute atomic E-state index is 12.1. The topological polar surface area (TPSA) is 85.6 Å². The first-order chi connectivity index (χ1) is 16.1. The van der Waals surface area contributed by atoms with Crippen LogP contribution in [0.1, 0.15) is 31.7 Å². The van der Waals surface area contributed by atoms with Crippen LogP contribution in [0.15, 0.2) is 36.7 Å². The third-order valence-corrected chi connectivity index (χ3v) is 7.39. The molecule has 5 rings (SSSR count). The number of rotatable bonds is 4. The Hall–Kier alpha value is -3.18. The molecule has 2 aromatic rings. The van der Waals surface area contributed by atoms with Gasteiger partial charge in [-0.1, -0.05) is 0 Å². The summed E-state index contributed by atoms with van der Waals surface area (Å²) in [7, 11) is 0. The van der Waals surface area contributed by atoms with Gasteiger partial charge in [-0.3, -0.25) is 9.88 Å². The average Bonchev–Trinajstić information content (AvgIpc) is 3.30. The number of aromatic nitrogens is 2. The third kappa shape index (κ3) is 4.25. The molecule has 8 nitrogen and oxygen atoms in total. The lowest BCUT2D eigenvalue weighted by Gasteiger charge is -2.52. The molecule has 1 amide bonds. The number of carbonyl (C=O) groups excluding carboxylic acids is 1. The van der Waals surface area contributed by atoms with Gasteiger partial charge in [-0.25, -0.2) is 9.78 Å². The van der Waals surface area contributed by atoms with Gasteiger partial charge < -0.3 is 14.5 Å². The van der Waals surface area contributed by atoms with Crippen LogP contribution in [0.5, 0.6) is 0 Å². The first-order valence-electron chi connectivity index (χ1n) is 11.8. The largest absolute Gasteiger partial charge is 0.450 e. The Kier molecular flexibility index (Phi) is 5.90. The van der Waals surface area contributed by atoms with E-state index in [1.54, 1.807) is 12.3 Å². The molecule has 172 valence electrons. The number of likely N-dealkylation sites (tertiary alicyclic amines) is 1. The van der Waals surface area contributed by atoms with Crippen LogP contribution in [0, 0.1) is 16.7 Å². The fourth-order valence-electron chi connectivity index (χ4n) is 5.60. The highest BCUT2D eigenvalue weighted by Gasteiger charge is 2.51. The van der Waals surface area contributed by atoms with E-state index in [4.69, 9.17) is 10.00 Å². The Morgan fingerprint density at radius 1 is 1.18 bits per heavy atom. The average molecular weight is 447 g/mol. The number of hydrogen-bond donors (Lipinski definition) is 0. The van der Waals surface area contributed by atoms with E-state index < -0.39 is 0 Å². The van der Waals surface area contributed by atoms with E-state index in [0.29, 0.717) is 23.6 Å². The van der Waals surface area contributed by atoms with Crippen molar-refractivity contribution in [1.29, 1.82) is 5.26 Å². The smallest absolute Gasteiger partial charge is 0.409 e. The standard InChI is InChI=1S/C25H30N6O2/c1-2-33-24(32)31-9-7-25(18-31)14-20(15-25)29-10-12-30(13-11-29)23-21(4-3-8-27-23)22-6-5-19(16-26)17-28-22/h3-6,8,17,20H,2,7,9-15,18H2,1H3. The van der Waals surface area contributed by atoms with Crippen molar-refractivity contribution in [3.63, 3.8) is 0 Å². The molecule has 1 saturated carbocycles. The van der Waals surface area contributed by atoms with E-state index in [2.05, 4.69) is 25.8 Å². The summed E-state index contributed by atoms with van der Waals surface area (Å²) in [6, 6.07) is 10.4. The van der Waals surface area contributed by atoms with E-state index in [1.807, 2.05) is 36.2 Å². The summed E-state index contributed by atoms with van der Waals surface area (Å²) in [5.41, 5.74) is 2.70. The lowest BCUT2D eigenvalue weighted by Crippen LogP contribution is -2.58. The number of anilines is 1. The number of carbonyl (C=O) groups is 1. The quantitative estimate of drug-likeness (QED) is 0.713. The summed E-state index contributed by atoms with van der Waals surface area (Å²) in [5, 5.41) is 9.04. The molecule has 0 unspecified atom stereocenters. The zero-order valence-corrected chi connectivity index (χ0v) is 19.1. The molecule has 2 aliphatic heterocycles. The molecule has 0 atom stereocenters. The summed E-state index contributed by atoms with van der Waals surface area (Å²) >= 11 is 0. The van der Waals surface area contributed by atoms with Crippen molar-refractivity contribution in [1.82, 2.24) is 19.8 Å². The highest BCUT2D eigenvalue weighted by atomic mass is 16.6. The molecule has 0 N–H and O–H groups in total. The minimum atomic E-state index is -0.158. The maximum Gasteiger partial charge on any atom is 0.409 e. The second-order valence-electron chi connectivity index (χ2n) is 9.37. The second-order valence-corrected chi connectivity index (χ2v) is 9.37. The number of amides is 1. The predicted molar refractivity (Wildman–Crippen MR) is 125 cm³/mol. The first kappa shape index (κ1) is 21.7. The van der Waals surface area contributed by atoms with Gasteiger partial charge in [-0.2, -0.15) is 5.26 Å². The van der Waals surface area contributed by atoms with Gasteiger partial charge in [-0.05, 0) is 55.9 Å². The van der Waals surface area contributed by atoms with Crippen LogP contribution in [0.3, 0.4) is 0 Å². The van der Waals surface area contributed by atoms with Crippen LogP contribution < -0.4 is 4.90 Å². The maximum atomic E-state index is 12.1. The van der Waals surface area contributed by atoms with Gasteiger partial charge in [0.1, 0.15) is 11.9 Å². The summed E-state index contributed by atoms with van der Waals surface area (Å²) in [6.07, 6.45) is 6.73. The summed E-state index contributed by atoms with van der Waals surface area (Å²) in [5.74, 6) is 0.959. The van der Waals surface area contributed by atoms with E-state index in [-0.39, 0.29) is 6.09 Å². The van der Waals surface area contributed by atoms with Crippen molar-refractivity contribution < 1.29 is 9.53 Å². The number of nitrogens with zero attached hydrogens (tertiary/aromatic N) is 6. The van der Waals surface area contributed by atoms with Gasteiger partial charge in [0.2, 0.25) is 0 Å². The Labute approximate surface area is 194 Å². The summed E-state index contributed by atoms with van der Waals surface area (Å²) in [4.78, 5) is 28.0. The number of ether oxygens (including phenoxy) is 1. The van der Waals surface area contributed by atoms with Crippen molar-refractivity contribution in [3.8, 4) is 17.3 Å². The Balaban J connectivity index is 1.18. The Morgan fingerprint density at radius 2 is 2.00 bits per heavy atom. The number of pyridine rings is 2. The summed E-state index contributed by atoms with van der Waals surface area (Å²) in [6.45, 7) is 7.85. The van der Waals surface area contributed by atoms with Crippen LogP contribution >= 0.6 is 0 Å². The fraction of sp³-hybridized carbons (Fsp3) is 0.520. The van der Waals surface area contributed by atoms with Crippen molar-refractivity contribution in [2.45, 2.75) is 32.2 Å². The van der Waals surface area contributed by atoms with Crippen LogP contribution in [-0.4, -0.2) is 77.8 Å². The molecule has 4 heterocycles. The molecule has 0 radical (unpaired) electrons. The van der Waals surface area contributed by atoms with Crippen LogP contribution in [0.2, 0.25) is 0 Å². The molecular weight excluding hydrogens is 416 g/mol. The van der Waals surface area contributed by atoms with Gasteiger partial charge in [0, 0.05) is 63.3 Å². The van der Waals surface area contributed by atoms with E-state index in [0.717, 1.165) is 62.8 Å². The number of piperazine rings is 1. The first-order valence-corrected chi connectivity index (χ1v) is 11.8. The highest BCUT2D eigenvalue weighted by molar-refractivity contribution is 5.73. The van der Waals surface area contributed by atoms with Gasteiger partial charge in [-0.15, -0.1) is 0 Å². The van der Waals surface area contributed by atoms with Crippen LogP contribution in [0.4, 0.5) is 10.6 Å². The minimum Gasteiger partial charge on any atom is -0.450 e. The van der Waals surface area contributed by atoms with Crippen molar-refractivity contribution >= 4 is 11.9 Å². The predicted octanol–water partition coefficient (Wildman–Crippen LogP) is 3.15. The van der Waals surface area contributed by atoms with Gasteiger partial charge in [0.25, 0.3) is 0 Å². The molecule has 2 saturated heterocycles. The molecule has 33 heavy (non-hydrogen) atoms. The highest BCUT2D eigenvalue weighted by Crippen LogP contribution is 2.50. The normalized spacial score (nSPS) is 25.0. The number of hydrogen-bond acceptors (Lipinski definition) is 7. The molecule has 1 aliphatic carbocycles. The lowest BCUT2D eigenvalue weighted by atomic mass is 9.64. The molecule has 0 aromatic carbocycles. The van der Waals surface area contributed by atoms with Gasteiger partial charge >= 0.3 is 6.09 Å². The molecule has 2 aromatic heterocycles. The molecular formula is C25H30N6O2. The zero-order valence-electron chi connectivity index (χ0n) is 19.1. The Morgan fingerprint density at radius 3 is 2.70 bits per heavy atom. The van der Waals surface area contributed by atoms with E-state index >= 15 is 0 Å². The zero-order chi connectivity index (χ0) is 22.8. The van der Waals surface area contributed by atoms with Crippen molar-refractivity contribution in [2.24, 2.45) is 5.41 Å². The third-order valence-electron chi connectivity index (χ3n) is 7.39. The molecule has 3 aliphatic rings. The SMILES string of the molecule is CCOC(=O)N1CCC2(CC(N3CCN(c4ncccc4-c4ccc(C#N)cn4)CC3)C2)C1. The fourth-order valence-corrected chi connectivity index (χ4v) is 5.60. The number of nitriles is 1. The molecule has 0 bridgehead atoms. The van der Waals surface area contributed by atoms with Crippen LogP contribution in [0.25, 0.3) is 11.3 Å². The molecule has 3 fully saturated rings. The van der Waals surface area contributed by atoms with Crippen LogP contribution in [-0.2, 0) is 4.74 Å². The second kappa shape index (κ2) is 8.99. The minimum absolute atomic E-state index is 0.158. The summed E-state index contributed by atoms with van der Waals surface area (Å²) < 4.78 is 5.18. The van der Waals surface area contributed by atoms with E-state index in [1.165, 1.54) is 12.8 Å².